The first-order valence-corrected chi connectivity index (χ1v) is 7.19. The molecule has 0 aliphatic rings. The van der Waals surface area contributed by atoms with Gasteiger partial charge in [-0.25, -0.2) is 0 Å². The Hall–Kier alpha value is -1.51. The van der Waals surface area contributed by atoms with Gasteiger partial charge in [0.25, 0.3) is 0 Å². The van der Waals surface area contributed by atoms with Crippen LogP contribution in [0.3, 0.4) is 0 Å². The molecule has 1 aromatic carbocycles. The van der Waals surface area contributed by atoms with Gasteiger partial charge in [-0.3, -0.25) is 4.79 Å². The summed E-state index contributed by atoms with van der Waals surface area (Å²) in [7, 11) is 0. The van der Waals surface area contributed by atoms with E-state index in [1.807, 2.05) is 32.9 Å². The zero-order valence-electron chi connectivity index (χ0n) is 13.4. The number of ether oxygens (including phenoxy) is 2. The maximum Gasteiger partial charge on any atom is 0.310 e. The van der Waals surface area contributed by atoms with Crippen molar-refractivity contribution >= 4 is 5.97 Å². The number of carbonyl (C=O) groups excluding carboxylic acids is 1. The molecule has 0 heterocycles. The third kappa shape index (κ3) is 4.87. The van der Waals surface area contributed by atoms with Crippen molar-refractivity contribution in [3.8, 4) is 5.75 Å². The molecule has 3 nitrogen and oxygen atoms in total. The van der Waals surface area contributed by atoms with E-state index in [4.69, 9.17) is 9.47 Å². The standard InChI is InChI=1S/C17H26O3/c1-7-19-15-9-8-14(17(4,5)6)10-13(15)11-16(18)20-12(2)3/h8-10,12H,7,11H2,1-6H3. The fourth-order valence-corrected chi connectivity index (χ4v) is 1.94. The summed E-state index contributed by atoms with van der Waals surface area (Å²) in [6.45, 7) is 12.7. The molecule has 0 aliphatic carbocycles. The number of hydrogen-bond donors (Lipinski definition) is 0. The second kappa shape index (κ2) is 6.78. The quantitative estimate of drug-likeness (QED) is 0.767. The summed E-state index contributed by atoms with van der Waals surface area (Å²) < 4.78 is 10.8. The minimum Gasteiger partial charge on any atom is -0.494 e. The van der Waals surface area contributed by atoms with E-state index in [0.717, 1.165) is 11.3 Å². The minimum absolute atomic E-state index is 0.0431. The largest absolute Gasteiger partial charge is 0.494 e. The number of benzene rings is 1. The first kappa shape index (κ1) is 16.5. The van der Waals surface area contributed by atoms with Crippen LogP contribution in [0.1, 0.15) is 52.7 Å². The highest BCUT2D eigenvalue weighted by Gasteiger charge is 2.18. The van der Waals surface area contributed by atoms with Crippen molar-refractivity contribution in [1.29, 1.82) is 0 Å². The summed E-state index contributed by atoms with van der Waals surface area (Å²) >= 11 is 0. The van der Waals surface area contributed by atoms with Crippen LogP contribution in [-0.2, 0) is 21.4 Å². The van der Waals surface area contributed by atoms with Gasteiger partial charge < -0.3 is 9.47 Å². The Kier molecular flexibility index (Phi) is 5.61. The van der Waals surface area contributed by atoms with Gasteiger partial charge >= 0.3 is 5.97 Å². The van der Waals surface area contributed by atoms with Gasteiger partial charge in [0.15, 0.2) is 0 Å². The molecular weight excluding hydrogens is 252 g/mol. The second-order valence-corrected chi connectivity index (χ2v) is 6.22. The summed E-state index contributed by atoms with van der Waals surface area (Å²) in [5.41, 5.74) is 2.12. The van der Waals surface area contributed by atoms with Crippen LogP contribution in [0.25, 0.3) is 0 Å². The first-order valence-electron chi connectivity index (χ1n) is 7.19. The van der Waals surface area contributed by atoms with Crippen molar-refractivity contribution < 1.29 is 14.3 Å². The molecule has 0 atom stereocenters. The van der Waals surface area contributed by atoms with E-state index in [9.17, 15) is 4.79 Å². The van der Waals surface area contributed by atoms with E-state index in [0.29, 0.717) is 6.61 Å². The summed E-state index contributed by atoms with van der Waals surface area (Å²) in [5.74, 6) is 0.549. The molecule has 0 amide bonds. The molecule has 3 heteroatoms. The topological polar surface area (TPSA) is 35.5 Å². The Labute approximate surface area is 122 Å². The maximum atomic E-state index is 11.9. The van der Waals surface area contributed by atoms with E-state index < -0.39 is 0 Å². The van der Waals surface area contributed by atoms with Crippen LogP contribution in [-0.4, -0.2) is 18.7 Å². The molecule has 0 aliphatic heterocycles. The van der Waals surface area contributed by atoms with Gasteiger partial charge in [0.2, 0.25) is 0 Å². The highest BCUT2D eigenvalue weighted by atomic mass is 16.5. The summed E-state index contributed by atoms with van der Waals surface area (Å²) in [6, 6.07) is 6.05. The van der Waals surface area contributed by atoms with Gasteiger partial charge in [-0.15, -0.1) is 0 Å². The number of hydrogen-bond acceptors (Lipinski definition) is 3. The lowest BCUT2D eigenvalue weighted by Gasteiger charge is -2.21. The molecule has 0 N–H and O–H groups in total. The molecule has 0 aromatic heterocycles. The predicted octanol–water partition coefficient (Wildman–Crippen LogP) is 3.88. The van der Waals surface area contributed by atoms with Gasteiger partial charge in [0.05, 0.1) is 19.1 Å². The summed E-state index contributed by atoms with van der Waals surface area (Å²) in [5, 5.41) is 0. The number of rotatable bonds is 5. The molecule has 0 saturated carbocycles. The normalized spacial score (nSPS) is 11.6. The van der Waals surface area contributed by atoms with Gasteiger partial charge in [0, 0.05) is 5.56 Å². The molecule has 0 spiro atoms. The monoisotopic (exact) mass is 278 g/mol. The third-order valence-electron chi connectivity index (χ3n) is 2.93. The fourth-order valence-electron chi connectivity index (χ4n) is 1.94. The smallest absolute Gasteiger partial charge is 0.310 e. The van der Waals surface area contributed by atoms with E-state index in [1.54, 1.807) is 0 Å². The third-order valence-corrected chi connectivity index (χ3v) is 2.93. The molecule has 0 fully saturated rings. The molecular formula is C17H26O3. The lowest BCUT2D eigenvalue weighted by Crippen LogP contribution is -2.16. The van der Waals surface area contributed by atoms with E-state index >= 15 is 0 Å². The van der Waals surface area contributed by atoms with Crippen molar-refractivity contribution in [2.75, 3.05) is 6.61 Å². The number of esters is 1. The first-order chi connectivity index (χ1) is 9.24. The Bertz CT molecular complexity index is 456. The van der Waals surface area contributed by atoms with Crippen LogP contribution in [0, 0.1) is 0 Å². The fraction of sp³-hybridized carbons (Fsp3) is 0.588. The van der Waals surface area contributed by atoms with Crippen LogP contribution < -0.4 is 4.74 Å². The zero-order chi connectivity index (χ0) is 15.3. The molecule has 0 bridgehead atoms. The molecule has 1 rings (SSSR count). The van der Waals surface area contributed by atoms with E-state index in [-0.39, 0.29) is 23.9 Å². The van der Waals surface area contributed by atoms with Gasteiger partial charge in [0.1, 0.15) is 5.75 Å². The van der Waals surface area contributed by atoms with E-state index in [2.05, 4.69) is 26.8 Å². The second-order valence-electron chi connectivity index (χ2n) is 6.22. The molecule has 1 aromatic rings. The highest BCUT2D eigenvalue weighted by molar-refractivity contribution is 5.74. The minimum atomic E-state index is -0.216. The van der Waals surface area contributed by atoms with Gasteiger partial charge in [-0.1, -0.05) is 32.9 Å². The molecule has 0 unspecified atom stereocenters. The molecule has 112 valence electrons. The predicted molar refractivity (Wildman–Crippen MR) is 81.2 cm³/mol. The van der Waals surface area contributed by atoms with Crippen LogP contribution in [0.5, 0.6) is 5.75 Å². The average Bonchev–Trinajstić information content (AvgIpc) is 2.29. The Morgan fingerprint density at radius 2 is 1.90 bits per heavy atom. The molecule has 20 heavy (non-hydrogen) atoms. The number of carbonyl (C=O) groups is 1. The summed E-state index contributed by atoms with van der Waals surface area (Å²) in [6.07, 6.45) is 0.154. The highest BCUT2D eigenvalue weighted by Crippen LogP contribution is 2.28. The lowest BCUT2D eigenvalue weighted by atomic mass is 9.85. The maximum absolute atomic E-state index is 11.9. The average molecular weight is 278 g/mol. The Morgan fingerprint density at radius 1 is 1.25 bits per heavy atom. The van der Waals surface area contributed by atoms with E-state index in [1.165, 1.54) is 5.56 Å². The Balaban J connectivity index is 3.03. The molecule has 0 saturated heterocycles. The van der Waals surface area contributed by atoms with Crippen molar-refractivity contribution in [3.05, 3.63) is 29.3 Å². The van der Waals surface area contributed by atoms with Gasteiger partial charge in [-0.05, 0) is 37.8 Å². The van der Waals surface area contributed by atoms with Crippen molar-refractivity contribution in [3.63, 3.8) is 0 Å². The summed E-state index contributed by atoms with van der Waals surface area (Å²) in [4.78, 5) is 11.9. The van der Waals surface area contributed by atoms with Crippen molar-refractivity contribution in [2.45, 2.75) is 59.5 Å². The Morgan fingerprint density at radius 3 is 2.40 bits per heavy atom. The van der Waals surface area contributed by atoms with Crippen LogP contribution in [0.15, 0.2) is 18.2 Å². The van der Waals surface area contributed by atoms with Crippen LogP contribution >= 0.6 is 0 Å². The zero-order valence-corrected chi connectivity index (χ0v) is 13.4. The van der Waals surface area contributed by atoms with Crippen LogP contribution in [0.2, 0.25) is 0 Å². The van der Waals surface area contributed by atoms with Gasteiger partial charge in [-0.2, -0.15) is 0 Å². The molecule has 0 radical (unpaired) electrons. The van der Waals surface area contributed by atoms with Crippen molar-refractivity contribution in [2.24, 2.45) is 0 Å². The lowest BCUT2D eigenvalue weighted by molar-refractivity contribution is -0.146. The van der Waals surface area contributed by atoms with Crippen LogP contribution in [0.4, 0.5) is 0 Å². The van der Waals surface area contributed by atoms with Crippen molar-refractivity contribution in [1.82, 2.24) is 0 Å². The SMILES string of the molecule is CCOc1ccc(C(C)(C)C)cc1CC(=O)OC(C)C.